The van der Waals surface area contributed by atoms with Crippen LogP contribution < -0.4 is 0 Å². The Labute approximate surface area is 98.2 Å². The number of hydrogen-bond acceptors (Lipinski definition) is 4. The first-order valence-corrected chi connectivity index (χ1v) is 5.70. The van der Waals surface area contributed by atoms with Crippen LogP contribution in [0.5, 0.6) is 0 Å². The molecule has 0 aromatic heterocycles. The zero-order valence-corrected chi connectivity index (χ0v) is 10.7. The molecule has 0 saturated heterocycles. The lowest BCUT2D eigenvalue weighted by Gasteiger charge is -2.28. The third-order valence-electron chi connectivity index (χ3n) is 2.57. The van der Waals surface area contributed by atoms with Crippen molar-refractivity contribution in [3.05, 3.63) is 12.3 Å². The summed E-state index contributed by atoms with van der Waals surface area (Å²) in [6.07, 6.45) is 5.34. The summed E-state index contributed by atoms with van der Waals surface area (Å²) in [5, 5.41) is 0. The normalized spacial score (nSPS) is 11.1. The monoisotopic (exact) mass is 229 g/mol. The van der Waals surface area contributed by atoms with Gasteiger partial charge in [-0.2, -0.15) is 0 Å². The number of esters is 1. The summed E-state index contributed by atoms with van der Waals surface area (Å²) in [6.45, 7) is 5.72. The molecule has 0 aliphatic carbocycles. The Bertz CT molecular complexity index is 212. The fraction of sp³-hybridized carbons (Fsp3) is 0.750. The summed E-state index contributed by atoms with van der Waals surface area (Å²) in [4.78, 5) is 13.1. The van der Waals surface area contributed by atoms with Gasteiger partial charge < -0.3 is 14.4 Å². The number of methoxy groups -OCH3 is 2. The summed E-state index contributed by atoms with van der Waals surface area (Å²) in [5.74, 6) is -0.326. The number of carbonyl (C=O) groups is 1. The molecule has 0 amide bonds. The zero-order valence-electron chi connectivity index (χ0n) is 10.7. The number of ether oxygens (including phenoxy) is 2. The molecule has 4 heteroatoms. The molecular formula is C12H23NO3. The van der Waals surface area contributed by atoms with Crippen molar-refractivity contribution in [3.63, 3.8) is 0 Å². The highest BCUT2D eigenvalue weighted by atomic mass is 16.5. The van der Waals surface area contributed by atoms with Crippen molar-refractivity contribution in [2.24, 2.45) is 0 Å². The van der Waals surface area contributed by atoms with E-state index >= 15 is 0 Å². The van der Waals surface area contributed by atoms with Gasteiger partial charge in [0.05, 0.1) is 13.7 Å². The molecule has 0 spiro atoms. The van der Waals surface area contributed by atoms with Gasteiger partial charge in [-0.15, -0.1) is 0 Å². The average Bonchev–Trinajstić information content (AvgIpc) is 2.32. The smallest absolute Gasteiger partial charge is 0.331 e. The SMILES string of the molecule is CCC(CC)N(C=CC(=O)OC)CCOC. The van der Waals surface area contributed by atoms with Gasteiger partial charge in [-0.3, -0.25) is 0 Å². The van der Waals surface area contributed by atoms with E-state index in [0.29, 0.717) is 12.6 Å². The molecular weight excluding hydrogens is 206 g/mol. The van der Waals surface area contributed by atoms with Gasteiger partial charge in [0.2, 0.25) is 0 Å². The molecule has 0 aliphatic heterocycles. The van der Waals surface area contributed by atoms with Crippen molar-refractivity contribution in [3.8, 4) is 0 Å². The first-order chi connectivity index (χ1) is 7.69. The van der Waals surface area contributed by atoms with Crippen molar-refractivity contribution in [1.29, 1.82) is 0 Å². The molecule has 4 nitrogen and oxygen atoms in total. The van der Waals surface area contributed by atoms with E-state index in [1.54, 1.807) is 13.3 Å². The van der Waals surface area contributed by atoms with Crippen LogP contribution in [0.25, 0.3) is 0 Å². The molecule has 0 bridgehead atoms. The molecule has 0 N–H and O–H groups in total. The zero-order chi connectivity index (χ0) is 12.4. The number of rotatable bonds is 8. The predicted molar refractivity (Wildman–Crippen MR) is 64.1 cm³/mol. The van der Waals surface area contributed by atoms with E-state index in [1.807, 2.05) is 0 Å². The second-order valence-electron chi connectivity index (χ2n) is 3.54. The summed E-state index contributed by atoms with van der Waals surface area (Å²) >= 11 is 0. The van der Waals surface area contributed by atoms with Gasteiger partial charge in [-0.1, -0.05) is 13.8 Å². The highest BCUT2D eigenvalue weighted by Gasteiger charge is 2.10. The maximum Gasteiger partial charge on any atom is 0.331 e. The second kappa shape index (κ2) is 9.21. The number of nitrogens with zero attached hydrogens (tertiary/aromatic N) is 1. The average molecular weight is 229 g/mol. The molecule has 0 atom stereocenters. The van der Waals surface area contributed by atoms with Crippen LogP contribution in [0.3, 0.4) is 0 Å². The van der Waals surface area contributed by atoms with E-state index < -0.39 is 0 Å². The highest BCUT2D eigenvalue weighted by molar-refractivity contribution is 5.81. The van der Waals surface area contributed by atoms with E-state index in [-0.39, 0.29) is 5.97 Å². The van der Waals surface area contributed by atoms with Gasteiger partial charge in [0.25, 0.3) is 0 Å². The van der Waals surface area contributed by atoms with Gasteiger partial charge in [0.15, 0.2) is 0 Å². The largest absolute Gasteiger partial charge is 0.466 e. The lowest BCUT2D eigenvalue weighted by atomic mass is 10.1. The Balaban J connectivity index is 4.39. The Morgan fingerprint density at radius 1 is 1.31 bits per heavy atom. The van der Waals surface area contributed by atoms with Crippen LogP contribution in [-0.2, 0) is 14.3 Å². The third-order valence-corrected chi connectivity index (χ3v) is 2.57. The molecule has 16 heavy (non-hydrogen) atoms. The molecule has 0 unspecified atom stereocenters. The quantitative estimate of drug-likeness (QED) is 0.470. The summed E-state index contributed by atoms with van der Waals surface area (Å²) in [5.41, 5.74) is 0. The first kappa shape index (κ1) is 15.0. The van der Waals surface area contributed by atoms with Gasteiger partial charge in [0, 0.05) is 32.0 Å². The van der Waals surface area contributed by atoms with E-state index in [2.05, 4.69) is 23.5 Å². The molecule has 0 aromatic rings. The molecule has 0 heterocycles. The van der Waals surface area contributed by atoms with Crippen molar-refractivity contribution in [1.82, 2.24) is 4.90 Å². The minimum absolute atomic E-state index is 0.326. The second-order valence-corrected chi connectivity index (χ2v) is 3.54. The summed E-state index contributed by atoms with van der Waals surface area (Å²) in [7, 11) is 3.05. The van der Waals surface area contributed by atoms with Crippen LogP contribution in [0.15, 0.2) is 12.3 Å². The van der Waals surface area contributed by atoms with E-state index in [1.165, 1.54) is 13.2 Å². The Morgan fingerprint density at radius 2 is 1.94 bits per heavy atom. The molecule has 94 valence electrons. The lowest BCUT2D eigenvalue weighted by molar-refractivity contribution is -0.134. The Kier molecular flexibility index (Phi) is 8.62. The van der Waals surface area contributed by atoms with Crippen LogP contribution in [0.1, 0.15) is 26.7 Å². The molecule has 0 aliphatic rings. The van der Waals surface area contributed by atoms with Crippen LogP contribution in [-0.4, -0.2) is 44.3 Å². The first-order valence-electron chi connectivity index (χ1n) is 5.70. The molecule has 0 saturated carbocycles. The van der Waals surface area contributed by atoms with Crippen LogP contribution in [0.2, 0.25) is 0 Å². The van der Waals surface area contributed by atoms with Gasteiger partial charge in [0.1, 0.15) is 0 Å². The van der Waals surface area contributed by atoms with E-state index in [4.69, 9.17) is 4.74 Å². The van der Waals surface area contributed by atoms with E-state index in [9.17, 15) is 4.79 Å². The molecule has 0 rings (SSSR count). The Hall–Kier alpha value is -1.03. The van der Waals surface area contributed by atoms with Crippen LogP contribution in [0.4, 0.5) is 0 Å². The summed E-state index contributed by atoms with van der Waals surface area (Å²) in [6, 6.07) is 0.441. The van der Waals surface area contributed by atoms with Crippen molar-refractivity contribution in [2.45, 2.75) is 32.7 Å². The van der Waals surface area contributed by atoms with Crippen LogP contribution in [0, 0.1) is 0 Å². The summed E-state index contributed by atoms with van der Waals surface area (Å²) < 4.78 is 9.62. The molecule has 0 aromatic carbocycles. The van der Waals surface area contributed by atoms with Crippen molar-refractivity contribution in [2.75, 3.05) is 27.4 Å². The van der Waals surface area contributed by atoms with Gasteiger partial charge in [-0.05, 0) is 12.8 Å². The van der Waals surface area contributed by atoms with Crippen LogP contribution >= 0.6 is 0 Å². The van der Waals surface area contributed by atoms with Crippen molar-refractivity contribution < 1.29 is 14.3 Å². The van der Waals surface area contributed by atoms with E-state index in [0.717, 1.165) is 19.4 Å². The minimum Gasteiger partial charge on any atom is -0.466 e. The Morgan fingerprint density at radius 3 is 2.38 bits per heavy atom. The number of carbonyl (C=O) groups excluding carboxylic acids is 1. The minimum atomic E-state index is -0.326. The van der Waals surface area contributed by atoms with Gasteiger partial charge in [-0.25, -0.2) is 4.79 Å². The maximum atomic E-state index is 11.0. The van der Waals surface area contributed by atoms with Crippen molar-refractivity contribution >= 4 is 5.97 Å². The standard InChI is InChI=1S/C12H23NO3/c1-5-11(6-2)13(9-10-15-3)8-7-12(14)16-4/h7-8,11H,5-6,9-10H2,1-4H3. The molecule has 0 radical (unpaired) electrons. The lowest BCUT2D eigenvalue weighted by Crippen LogP contribution is -2.32. The topological polar surface area (TPSA) is 38.8 Å². The fourth-order valence-electron chi connectivity index (χ4n) is 1.56. The maximum absolute atomic E-state index is 11.0. The fourth-order valence-corrected chi connectivity index (χ4v) is 1.56. The number of hydrogen-bond donors (Lipinski definition) is 0. The van der Waals surface area contributed by atoms with Gasteiger partial charge >= 0.3 is 5.97 Å². The molecule has 0 fully saturated rings. The predicted octanol–water partition coefficient (Wildman–Crippen LogP) is 1.81. The highest BCUT2D eigenvalue weighted by Crippen LogP contribution is 2.08. The third kappa shape index (κ3) is 5.75.